The standard InChI is InChI=1S/C30H37N5O5/c1-5-30(6-2)16-24(36)35(27(34-30)33-28(38)39)25(18-10-9-13-31-17-18)20-14-21(20)26(37)32-22-15-29(3,4)40-23-12-8-7-11-19(22)23/h7-13,17,20-22,25H,5-6,14-16H2,1-4H3,(H,32,37)(H,33,34)(H,38,39)/t20-,21-,22+,25-/m1/s1. The van der Waals surface area contributed by atoms with Crippen molar-refractivity contribution >= 4 is 23.9 Å². The van der Waals surface area contributed by atoms with Crippen LogP contribution in [0, 0.1) is 11.8 Å². The molecule has 3 amide bonds. The molecule has 0 unspecified atom stereocenters. The summed E-state index contributed by atoms with van der Waals surface area (Å²) in [5, 5.41) is 16.1. The molecule has 2 aromatic rings. The van der Waals surface area contributed by atoms with E-state index in [1.807, 2.05) is 58.0 Å². The highest BCUT2D eigenvalue weighted by Crippen LogP contribution is 2.52. The third-order valence-electron chi connectivity index (χ3n) is 8.50. The van der Waals surface area contributed by atoms with E-state index in [2.05, 4.69) is 20.6 Å². The van der Waals surface area contributed by atoms with Crippen molar-refractivity contribution in [2.24, 2.45) is 16.8 Å². The van der Waals surface area contributed by atoms with Crippen molar-refractivity contribution in [2.75, 3.05) is 0 Å². The molecule has 0 radical (unpaired) electrons. The predicted molar refractivity (Wildman–Crippen MR) is 149 cm³/mol. The van der Waals surface area contributed by atoms with Gasteiger partial charge >= 0.3 is 6.09 Å². The van der Waals surface area contributed by atoms with E-state index in [9.17, 15) is 19.5 Å². The Bertz CT molecular complexity index is 1320. The van der Waals surface area contributed by atoms with Crippen LogP contribution in [0.3, 0.4) is 0 Å². The fraction of sp³-hybridized carbons (Fsp3) is 0.500. The zero-order valence-corrected chi connectivity index (χ0v) is 23.4. The number of para-hydroxylation sites is 1. The maximum Gasteiger partial charge on any atom is 0.434 e. The van der Waals surface area contributed by atoms with Gasteiger partial charge in [-0.25, -0.2) is 4.79 Å². The van der Waals surface area contributed by atoms with Gasteiger partial charge in [0.15, 0.2) is 0 Å². The van der Waals surface area contributed by atoms with E-state index in [-0.39, 0.29) is 42.1 Å². The monoisotopic (exact) mass is 547 g/mol. The molecule has 3 aliphatic rings. The maximum absolute atomic E-state index is 13.7. The molecule has 10 nitrogen and oxygen atoms in total. The van der Waals surface area contributed by atoms with E-state index in [0.717, 1.165) is 16.9 Å². The quantitative estimate of drug-likeness (QED) is 0.462. The predicted octanol–water partition coefficient (Wildman–Crippen LogP) is 4.59. The number of guanidine groups is 1. The second-order valence-corrected chi connectivity index (χ2v) is 11.7. The van der Waals surface area contributed by atoms with Gasteiger partial charge in [0.2, 0.25) is 17.8 Å². The smallest absolute Gasteiger partial charge is 0.434 e. The summed E-state index contributed by atoms with van der Waals surface area (Å²) in [5.74, 6) is -0.129. The third kappa shape index (κ3) is 5.39. The molecule has 1 saturated heterocycles. The van der Waals surface area contributed by atoms with Crippen LogP contribution in [0.25, 0.3) is 0 Å². The van der Waals surface area contributed by atoms with Crippen LogP contribution in [0.2, 0.25) is 0 Å². The Morgan fingerprint density at radius 1 is 1.23 bits per heavy atom. The normalized spacial score (nSPS) is 26.2. The first-order valence-corrected chi connectivity index (χ1v) is 14.0. The minimum atomic E-state index is -1.39. The molecule has 0 spiro atoms. The first-order valence-electron chi connectivity index (χ1n) is 14.0. The molecule has 1 aromatic carbocycles. The number of nitrogens with zero attached hydrogens (tertiary/aromatic N) is 3. The number of fused-ring (bicyclic) bond motifs is 1. The highest BCUT2D eigenvalue weighted by Gasteiger charge is 2.54. The molecular weight excluding hydrogens is 510 g/mol. The molecule has 212 valence electrons. The summed E-state index contributed by atoms with van der Waals surface area (Å²) in [4.78, 5) is 48.7. The summed E-state index contributed by atoms with van der Waals surface area (Å²) in [6.07, 6.45) is 4.57. The molecule has 3 N–H and O–H groups in total. The number of carbonyl (C=O) groups is 3. The van der Waals surface area contributed by atoms with Gasteiger partial charge in [-0.1, -0.05) is 38.1 Å². The van der Waals surface area contributed by atoms with Crippen LogP contribution in [0.15, 0.2) is 53.8 Å². The van der Waals surface area contributed by atoms with E-state index in [4.69, 9.17) is 4.74 Å². The fourth-order valence-corrected chi connectivity index (χ4v) is 6.18. The van der Waals surface area contributed by atoms with Gasteiger partial charge in [-0.05, 0) is 56.7 Å². The number of ether oxygens (including phenoxy) is 1. The lowest BCUT2D eigenvalue weighted by Gasteiger charge is -2.45. The fourth-order valence-electron chi connectivity index (χ4n) is 6.18. The van der Waals surface area contributed by atoms with E-state index >= 15 is 0 Å². The van der Waals surface area contributed by atoms with E-state index in [1.165, 1.54) is 4.90 Å². The molecule has 40 heavy (non-hydrogen) atoms. The zero-order chi connectivity index (χ0) is 28.7. The topological polar surface area (TPSA) is 133 Å². The lowest BCUT2D eigenvalue weighted by molar-refractivity contribution is -0.133. The van der Waals surface area contributed by atoms with Crippen molar-refractivity contribution in [3.63, 3.8) is 0 Å². The summed E-state index contributed by atoms with van der Waals surface area (Å²) in [7, 11) is 0. The molecule has 2 fully saturated rings. The molecule has 5 rings (SSSR count). The van der Waals surface area contributed by atoms with Gasteiger partial charge in [0.05, 0.1) is 18.5 Å². The second kappa shape index (κ2) is 10.6. The Hall–Kier alpha value is -3.95. The summed E-state index contributed by atoms with van der Waals surface area (Å²) in [5.41, 5.74) is 0.657. The van der Waals surface area contributed by atoms with Crippen LogP contribution in [0.1, 0.15) is 83.0 Å². The highest BCUT2D eigenvalue weighted by atomic mass is 16.5. The molecule has 2 aliphatic heterocycles. The average molecular weight is 548 g/mol. The van der Waals surface area contributed by atoms with Crippen LogP contribution >= 0.6 is 0 Å². The number of amides is 3. The van der Waals surface area contributed by atoms with Crippen LogP contribution in [0.4, 0.5) is 4.79 Å². The summed E-state index contributed by atoms with van der Waals surface area (Å²) < 4.78 is 6.12. The first-order chi connectivity index (χ1) is 19.1. The van der Waals surface area contributed by atoms with Crippen LogP contribution in [-0.2, 0) is 9.59 Å². The number of aromatic nitrogens is 1. The van der Waals surface area contributed by atoms with Crippen molar-refractivity contribution in [3.8, 4) is 5.75 Å². The molecule has 1 saturated carbocycles. The molecule has 1 aliphatic carbocycles. The van der Waals surface area contributed by atoms with Crippen LogP contribution < -0.4 is 15.4 Å². The van der Waals surface area contributed by atoms with Gasteiger partial charge < -0.3 is 20.5 Å². The number of pyridine rings is 1. The minimum Gasteiger partial charge on any atom is -0.487 e. The lowest BCUT2D eigenvalue weighted by atomic mass is 9.85. The third-order valence-corrected chi connectivity index (χ3v) is 8.50. The second-order valence-electron chi connectivity index (χ2n) is 11.7. The van der Waals surface area contributed by atoms with Crippen molar-refractivity contribution in [1.82, 2.24) is 20.5 Å². The molecule has 0 bridgehead atoms. The Balaban J connectivity index is 1.43. The number of rotatable bonds is 7. The van der Waals surface area contributed by atoms with E-state index < -0.39 is 23.3 Å². The number of nitrogens with one attached hydrogen (secondary N) is 2. The summed E-state index contributed by atoms with van der Waals surface area (Å²) in [6, 6.07) is 10.6. The zero-order valence-electron chi connectivity index (χ0n) is 23.4. The molecule has 10 heteroatoms. The first kappa shape index (κ1) is 27.6. The average Bonchev–Trinajstić information content (AvgIpc) is 3.70. The number of hydrogen-bond donors (Lipinski definition) is 3. The number of aliphatic imine (C=N–C) groups is 1. The SMILES string of the molecule is CCC1(CC)CC(=O)N([C@H](c2cccnc2)[C@@H]2C[C@H]2C(=O)N[C@H]2CC(C)(C)Oc3ccccc32)/C(=N\C(=O)O)N1. The number of carbonyl (C=O) groups excluding carboxylic acids is 2. The van der Waals surface area contributed by atoms with E-state index in [1.54, 1.807) is 18.5 Å². The van der Waals surface area contributed by atoms with Crippen molar-refractivity contribution < 1.29 is 24.2 Å². The highest BCUT2D eigenvalue weighted by molar-refractivity contribution is 6.04. The van der Waals surface area contributed by atoms with Crippen molar-refractivity contribution in [2.45, 2.75) is 83.0 Å². The maximum atomic E-state index is 13.7. The Morgan fingerprint density at radius 3 is 2.65 bits per heavy atom. The van der Waals surface area contributed by atoms with Gasteiger partial charge in [0.25, 0.3) is 0 Å². The molecule has 1 aromatic heterocycles. The van der Waals surface area contributed by atoms with Crippen molar-refractivity contribution in [3.05, 3.63) is 59.9 Å². The summed E-state index contributed by atoms with van der Waals surface area (Å²) >= 11 is 0. The van der Waals surface area contributed by atoms with Crippen LogP contribution in [-0.4, -0.2) is 50.0 Å². The Labute approximate surface area is 234 Å². The molecular formula is C30H37N5O5. The van der Waals surface area contributed by atoms with Gasteiger partial charge in [-0.3, -0.25) is 19.5 Å². The van der Waals surface area contributed by atoms with Gasteiger partial charge in [-0.15, -0.1) is 4.99 Å². The van der Waals surface area contributed by atoms with Gasteiger partial charge in [-0.2, -0.15) is 0 Å². The lowest BCUT2D eigenvalue weighted by Crippen LogP contribution is -2.63. The molecule has 4 atom stereocenters. The number of hydrogen-bond acceptors (Lipinski definition) is 5. The van der Waals surface area contributed by atoms with Gasteiger partial charge in [0, 0.05) is 35.8 Å². The number of carboxylic acid groups (broad SMARTS) is 1. The minimum absolute atomic E-state index is 0.00691. The van der Waals surface area contributed by atoms with Gasteiger partial charge in [0.1, 0.15) is 11.4 Å². The van der Waals surface area contributed by atoms with E-state index in [0.29, 0.717) is 25.7 Å². The Kier molecular flexibility index (Phi) is 7.29. The summed E-state index contributed by atoms with van der Waals surface area (Å²) in [6.45, 7) is 7.94. The number of benzene rings is 1. The largest absolute Gasteiger partial charge is 0.487 e. The Morgan fingerprint density at radius 2 is 1.98 bits per heavy atom. The van der Waals surface area contributed by atoms with Crippen molar-refractivity contribution in [1.29, 1.82) is 0 Å². The molecule has 3 heterocycles. The van der Waals surface area contributed by atoms with Crippen LogP contribution in [0.5, 0.6) is 5.75 Å².